The molecule has 0 bridgehead atoms. The van der Waals surface area contributed by atoms with Gasteiger partial charge in [0.1, 0.15) is 24.5 Å². The quantitative estimate of drug-likeness (QED) is 0.799. The molecule has 2 rings (SSSR count). The van der Waals surface area contributed by atoms with Gasteiger partial charge in [-0.2, -0.15) is 5.10 Å². The summed E-state index contributed by atoms with van der Waals surface area (Å²) in [5, 5.41) is 7.52. The molecule has 0 saturated carbocycles. The van der Waals surface area contributed by atoms with Gasteiger partial charge in [-0.15, -0.1) is 0 Å². The summed E-state index contributed by atoms with van der Waals surface area (Å²) in [6.07, 6.45) is 3.49. The van der Waals surface area contributed by atoms with E-state index >= 15 is 0 Å². The number of nitrogens with one attached hydrogen (secondary N) is 1. The highest BCUT2D eigenvalue weighted by Crippen LogP contribution is 2.09. The predicted molar refractivity (Wildman–Crippen MR) is 78.8 cm³/mol. The zero-order valence-electron chi connectivity index (χ0n) is 12.1. The Kier molecular flexibility index (Phi) is 5.55. The van der Waals surface area contributed by atoms with Gasteiger partial charge in [0, 0.05) is 19.0 Å². The van der Waals surface area contributed by atoms with Crippen molar-refractivity contribution in [3.63, 3.8) is 0 Å². The molecule has 1 aromatic heterocycles. The molecule has 1 N–H and O–H groups in total. The number of hydrogen-bond donors (Lipinski definition) is 1. The van der Waals surface area contributed by atoms with Crippen LogP contribution in [0.25, 0.3) is 0 Å². The molecule has 1 atom stereocenters. The molecular weight excluding hydrogens is 252 g/mol. The lowest BCUT2D eigenvalue weighted by atomic mass is 10.2. The Morgan fingerprint density at radius 2 is 2.10 bits per heavy atom. The minimum absolute atomic E-state index is 0.218. The van der Waals surface area contributed by atoms with Gasteiger partial charge in [-0.3, -0.25) is 4.68 Å². The molecule has 5 nitrogen and oxygen atoms in total. The van der Waals surface area contributed by atoms with Gasteiger partial charge in [-0.05, 0) is 25.6 Å². The van der Waals surface area contributed by atoms with Gasteiger partial charge in [0.25, 0.3) is 0 Å². The number of benzene rings is 1. The van der Waals surface area contributed by atoms with Gasteiger partial charge in [-0.25, -0.2) is 4.98 Å². The van der Waals surface area contributed by atoms with E-state index in [9.17, 15) is 0 Å². The summed E-state index contributed by atoms with van der Waals surface area (Å²) in [5.74, 6) is 1.89. The molecule has 108 valence electrons. The third-order valence-electron chi connectivity index (χ3n) is 3.16. The first-order valence-corrected chi connectivity index (χ1v) is 7.05. The van der Waals surface area contributed by atoms with Crippen LogP contribution in [-0.2, 0) is 13.0 Å². The molecule has 20 heavy (non-hydrogen) atoms. The molecule has 1 unspecified atom stereocenters. The highest BCUT2D eigenvalue weighted by molar-refractivity contribution is 5.20. The molecule has 1 aromatic carbocycles. The summed E-state index contributed by atoms with van der Waals surface area (Å²) in [6.45, 7) is 3.66. The Morgan fingerprint density at radius 3 is 2.80 bits per heavy atom. The van der Waals surface area contributed by atoms with Crippen molar-refractivity contribution in [3.8, 4) is 5.75 Å². The molecule has 1 heterocycles. The normalized spacial score (nSPS) is 12.3. The van der Waals surface area contributed by atoms with Crippen molar-refractivity contribution in [2.24, 2.45) is 0 Å². The third kappa shape index (κ3) is 4.06. The van der Waals surface area contributed by atoms with Crippen LogP contribution in [0.2, 0.25) is 0 Å². The lowest BCUT2D eigenvalue weighted by Crippen LogP contribution is -2.34. The summed E-state index contributed by atoms with van der Waals surface area (Å²) in [4.78, 5) is 4.33. The van der Waals surface area contributed by atoms with Gasteiger partial charge < -0.3 is 10.1 Å². The van der Waals surface area contributed by atoms with Crippen molar-refractivity contribution in [2.45, 2.75) is 32.4 Å². The summed E-state index contributed by atoms with van der Waals surface area (Å²) >= 11 is 0. The maximum Gasteiger partial charge on any atom is 0.138 e. The number of rotatable bonds is 8. The molecule has 0 aliphatic rings. The maximum absolute atomic E-state index is 5.79. The van der Waals surface area contributed by atoms with E-state index in [-0.39, 0.29) is 6.04 Å². The van der Waals surface area contributed by atoms with Gasteiger partial charge >= 0.3 is 0 Å². The van der Waals surface area contributed by atoms with E-state index in [1.165, 1.54) is 0 Å². The van der Waals surface area contributed by atoms with Crippen LogP contribution in [0.1, 0.15) is 19.2 Å². The van der Waals surface area contributed by atoms with Gasteiger partial charge in [-0.1, -0.05) is 25.1 Å². The molecule has 0 saturated heterocycles. The van der Waals surface area contributed by atoms with Crippen LogP contribution in [0.5, 0.6) is 5.75 Å². The van der Waals surface area contributed by atoms with E-state index in [4.69, 9.17) is 4.74 Å². The van der Waals surface area contributed by atoms with Crippen molar-refractivity contribution in [2.75, 3.05) is 13.7 Å². The van der Waals surface area contributed by atoms with Crippen molar-refractivity contribution in [3.05, 3.63) is 42.5 Å². The number of ether oxygens (including phenoxy) is 1. The lowest BCUT2D eigenvalue weighted by molar-refractivity contribution is 0.266. The molecule has 0 radical (unpaired) electrons. The second-order valence-electron chi connectivity index (χ2n) is 4.71. The topological polar surface area (TPSA) is 52.0 Å². The highest BCUT2D eigenvalue weighted by atomic mass is 16.5. The summed E-state index contributed by atoms with van der Waals surface area (Å²) in [6, 6.07) is 10.1. The Hall–Kier alpha value is -1.88. The largest absolute Gasteiger partial charge is 0.492 e. The predicted octanol–water partition coefficient (Wildman–Crippen LogP) is 1.90. The van der Waals surface area contributed by atoms with Crippen LogP contribution >= 0.6 is 0 Å². The average Bonchev–Trinajstić information content (AvgIpc) is 2.92. The summed E-state index contributed by atoms with van der Waals surface area (Å²) in [7, 11) is 1.94. The second-order valence-corrected chi connectivity index (χ2v) is 4.71. The Balaban J connectivity index is 1.90. The average molecular weight is 274 g/mol. The van der Waals surface area contributed by atoms with E-state index in [0.717, 1.165) is 31.0 Å². The monoisotopic (exact) mass is 274 g/mol. The molecule has 0 spiro atoms. The summed E-state index contributed by atoms with van der Waals surface area (Å²) < 4.78 is 7.75. The SMILES string of the molecule is CCCn1ncnc1CC(COc1ccccc1)NC. The van der Waals surface area contributed by atoms with Crippen LogP contribution in [-0.4, -0.2) is 34.5 Å². The van der Waals surface area contributed by atoms with E-state index in [0.29, 0.717) is 6.61 Å². The molecule has 2 aromatic rings. The van der Waals surface area contributed by atoms with Crippen LogP contribution in [0, 0.1) is 0 Å². The fourth-order valence-corrected chi connectivity index (χ4v) is 2.02. The van der Waals surface area contributed by atoms with Crippen LogP contribution < -0.4 is 10.1 Å². The minimum Gasteiger partial charge on any atom is -0.492 e. The first-order chi connectivity index (χ1) is 9.83. The fraction of sp³-hybridized carbons (Fsp3) is 0.467. The first kappa shape index (κ1) is 14.5. The van der Waals surface area contributed by atoms with Gasteiger partial charge in [0.2, 0.25) is 0 Å². The number of aromatic nitrogens is 3. The number of likely N-dealkylation sites (N-methyl/N-ethyl adjacent to an activating group) is 1. The summed E-state index contributed by atoms with van der Waals surface area (Å²) in [5.41, 5.74) is 0. The number of hydrogen-bond acceptors (Lipinski definition) is 4. The number of para-hydroxylation sites is 1. The first-order valence-electron chi connectivity index (χ1n) is 7.05. The van der Waals surface area contributed by atoms with Gasteiger partial charge in [0.15, 0.2) is 0 Å². The smallest absolute Gasteiger partial charge is 0.138 e. The van der Waals surface area contributed by atoms with E-state index < -0.39 is 0 Å². The zero-order chi connectivity index (χ0) is 14.2. The van der Waals surface area contributed by atoms with Crippen molar-refractivity contribution < 1.29 is 4.74 Å². The van der Waals surface area contributed by atoms with E-state index in [1.807, 2.05) is 42.1 Å². The Bertz CT molecular complexity index is 498. The number of aryl methyl sites for hydroxylation is 1. The van der Waals surface area contributed by atoms with Crippen molar-refractivity contribution in [1.29, 1.82) is 0 Å². The maximum atomic E-state index is 5.79. The molecular formula is C15H22N4O. The molecule has 0 aliphatic heterocycles. The van der Waals surface area contributed by atoms with Crippen LogP contribution in [0.15, 0.2) is 36.7 Å². The van der Waals surface area contributed by atoms with Crippen LogP contribution in [0.3, 0.4) is 0 Å². The lowest BCUT2D eigenvalue weighted by Gasteiger charge is -2.17. The standard InChI is InChI=1S/C15H22N4O/c1-3-9-19-15(17-12-18-19)10-13(16-2)11-20-14-7-5-4-6-8-14/h4-8,12-13,16H,3,9-11H2,1-2H3. The number of nitrogens with zero attached hydrogens (tertiary/aromatic N) is 3. The molecule has 5 heteroatoms. The third-order valence-corrected chi connectivity index (χ3v) is 3.16. The van der Waals surface area contributed by atoms with Crippen LogP contribution in [0.4, 0.5) is 0 Å². The molecule has 0 aliphatic carbocycles. The van der Waals surface area contributed by atoms with Crippen molar-refractivity contribution >= 4 is 0 Å². The highest BCUT2D eigenvalue weighted by Gasteiger charge is 2.13. The van der Waals surface area contributed by atoms with Crippen molar-refractivity contribution in [1.82, 2.24) is 20.1 Å². The fourth-order valence-electron chi connectivity index (χ4n) is 2.02. The Morgan fingerprint density at radius 1 is 1.30 bits per heavy atom. The minimum atomic E-state index is 0.218. The van der Waals surface area contributed by atoms with Gasteiger partial charge in [0.05, 0.1) is 0 Å². The Labute approximate surface area is 120 Å². The van der Waals surface area contributed by atoms with E-state index in [2.05, 4.69) is 22.3 Å². The second kappa shape index (κ2) is 7.65. The zero-order valence-corrected chi connectivity index (χ0v) is 12.1. The van der Waals surface area contributed by atoms with E-state index in [1.54, 1.807) is 6.33 Å². The molecule has 0 fully saturated rings. The molecule has 0 amide bonds.